The molecule has 0 saturated heterocycles. The van der Waals surface area contributed by atoms with Gasteiger partial charge >= 0.3 is 0 Å². The molecular weight excluding hydrogens is 535 g/mol. The number of fused-ring (bicyclic) bond motifs is 10. The fraction of sp³-hybridized carbons (Fsp3) is 0.278. The SMILES string of the molecule is C[Si]1(C)c2ccccc2-c2c(-c3ccccc3)nc(N3c4ccc5c(c4C4C=CCCC43)SC3C=CCCC53)nc21. The molecule has 41 heavy (non-hydrogen) atoms. The van der Waals surface area contributed by atoms with Crippen molar-refractivity contribution >= 4 is 42.0 Å². The molecule has 0 N–H and O–H groups in total. The minimum absolute atomic E-state index is 0.357. The highest BCUT2D eigenvalue weighted by Crippen LogP contribution is 2.59. The molecule has 3 aromatic carbocycles. The molecule has 0 saturated carbocycles. The van der Waals surface area contributed by atoms with Crippen LogP contribution in [0.4, 0.5) is 11.6 Å². The smallest absolute Gasteiger partial charge is 0.230 e. The van der Waals surface area contributed by atoms with Crippen LogP contribution in [0.3, 0.4) is 0 Å². The number of thioether (sulfide) groups is 1. The summed E-state index contributed by atoms with van der Waals surface area (Å²) in [6.07, 6.45) is 14.5. The molecule has 0 bridgehead atoms. The van der Waals surface area contributed by atoms with Crippen LogP contribution in [0.25, 0.3) is 22.4 Å². The Kier molecular flexibility index (Phi) is 5.19. The van der Waals surface area contributed by atoms with E-state index < -0.39 is 8.07 Å². The largest absolute Gasteiger partial charge is 0.306 e. The summed E-state index contributed by atoms with van der Waals surface area (Å²) in [6, 6.07) is 25.0. The third-order valence-corrected chi connectivity index (χ3v) is 14.9. The second-order valence-corrected chi connectivity index (χ2v) is 18.2. The molecule has 4 aromatic rings. The van der Waals surface area contributed by atoms with Gasteiger partial charge in [-0.15, -0.1) is 11.8 Å². The standard InChI is InChI=1S/C36H33N3SSi/c1-41(2)30-19-11-8-16-26(30)32-33(22-12-4-3-5-13-22)37-36(38-35(32)41)39-27-17-9-6-15-25(27)31-28(39)21-20-24-23-14-7-10-18-29(23)40-34(24)31/h3-6,8,10-13,15-16,18-21,23,25,27,29H,7,9,14,17H2,1-2H3. The summed E-state index contributed by atoms with van der Waals surface area (Å²) in [4.78, 5) is 15.2. The number of hydrogen-bond acceptors (Lipinski definition) is 4. The first kappa shape index (κ1) is 24.2. The Balaban J connectivity index is 1.28. The zero-order valence-corrected chi connectivity index (χ0v) is 25.4. The summed E-state index contributed by atoms with van der Waals surface area (Å²) in [7, 11) is -2.00. The van der Waals surface area contributed by atoms with Crippen molar-refractivity contribution in [2.24, 2.45) is 0 Å². The van der Waals surface area contributed by atoms with Crippen LogP contribution in [0.2, 0.25) is 13.1 Å². The highest BCUT2D eigenvalue weighted by molar-refractivity contribution is 8.00. The van der Waals surface area contributed by atoms with Gasteiger partial charge < -0.3 is 4.90 Å². The van der Waals surface area contributed by atoms with E-state index in [4.69, 9.17) is 9.97 Å². The number of hydrogen-bond donors (Lipinski definition) is 0. The lowest BCUT2D eigenvalue weighted by molar-refractivity contribution is 0.556. The first-order valence-electron chi connectivity index (χ1n) is 15.1. The fourth-order valence-corrected chi connectivity index (χ4v) is 12.8. The minimum Gasteiger partial charge on any atom is -0.306 e. The van der Waals surface area contributed by atoms with Gasteiger partial charge in [-0.1, -0.05) is 98.1 Å². The van der Waals surface area contributed by atoms with E-state index >= 15 is 0 Å². The maximum Gasteiger partial charge on any atom is 0.230 e. The summed E-state index contributed by atoms with van der Waals surface area (Å²) in [5.74, 6) is 1.93. The van der Waals surface area contributed by atoms with Gasteiger partial charge in [-0.3, -0.25) is 0 Å². The predicted octanol–water partition coefficient (Wildman–Crippen LogP) is 7.81. The second kappa shape index (κ2) is 8.79. The highest BCUT2D eigenvalue weighted by Gasteiger charge is 2.47. The Bertz CT molecular complexity index is 1790. The van der Waals surface area contributed by atoms with Gasteiger partial charge in [0.25, 0.3) is 0 Å². The first-order valence-corrected chi connectivity index (χ1v) is 19.0. The molecule has 9 rings (SSSR count). The lowest BCUT2D eigenvalue weighted by Gasteiger charge is -2.31. The van der Waals surface area contributed by atoms with Crippen molar-refractivity contribution < 1.29 is 0 Å². The van der Waals surface area contributed by atoms with E-state index in [0.717, 1.165) is 24.5 Å². The number of allylic oxidation sites excluding steroid dienone is 2. The molecule has 5 aliphatic rings. The molecule has 4 atom stereocenters. The lowest BCUT2D eigenvalue weighted by atomic mass is 9.83. The van der Waals surface area contributed by atoms with E-state index in [0.29, 0.717) is 23.1 Å². The summed E-state index contributed by atoms with van der Waals surface area (Å²) in [5, 5.41) is 3.34. The summed E-state index contributed by atoms with van der Waals surface area (Å²) >= 11 is 2.11. The maximum absolute atomic E-state index is 5.58. The van der Waals surface area contributed by atoms with E-state index in [9.17, 15) is 0 Å². The van der Waals surface area contributed by atoms with Crippen LogP contribution >= 0.6 is 11.8 Å². The summed E-state index contributed by atoms with van der Waals surface area (Å²) in [6.45, 7) is 4.93. The zero-order chi connectivity index (χ0) is 27.3. The summed E-state index contributed by atoms with van der Waals surface area (Å²) < 4.78 is 0. The first-order chi connectivity index (χ1) is 20.1. The quantitative estimate of drug-likeness (QED) is 0.183. The molecule has 1 aromatic heterocycles. The normalized spacial score (nSPS) is 25.8. The minimum atomic E-state index is -2.00. The van der Waals surface area contributed by atoms with Crippen LogP contribution in [0.1, 0.15) is 48.6 Å². The maximum atomic E-state index is 5.58. The van der Waals surface area contributed by atoms with E-state index in [1.54, 1.807) is 10.5 Å². The van der Waals surface area contributed by atoms with Crippen molar-refractivity contribution in [1.82, 2.24) is 9.97 Å². The van der Waals surface area contributed by atoms with Crippen molar-refractivity contribution in [3.63, 3.8) is 0 Å². The van der Waals surface area contributed by atoms with Gasteiger partial charge in [0, 0.05) is 50.2 Å². The van der Waals surface area contributed by atoms with Gasteiger partial charge in [0.15, 0.2) is 0 Å². The number of benzene rings is 3. The molecule has 2 aliphatic carbocycles. The number of rotatable bonds is 2. The molecule has 0 amide bonds. The Labute approximate surface area is 247 Å². The van der Waals surface area contributed by atoms with Crippen LogP contribution in [0, 0.1) is 0 Å². The number of nitrogens with zero attached hydrogens (tertiary/aromatic N) is 3. The molecule has 4 unspecified atom stereocenters. The molecule has 202 valence electrons. The van der Waals surface area contributed by atoms with Crippen LogP contribution in [-0.2, 0) is 0 Å². The number of anilines is 2. The Morgan fingerprint density at radius 1 is 0.854 bits per heavy atom. The van der Waals surface area contributed by atoms with Crippen molar-refractivity contribution in [1.29, 1.82) is 0 Å². The molecule has 0 fully saturated rings. The van der Waals surface area contributed by atoms with Crippen molar-refractivity contribution in [2.45, 2.75) is 66.8 Å². The Morgan fingerprint density at radius 3 is 2.56 bits per heavy atom. The van der Waals surface area contributed by atoms with Crippen LogP contribution in [0.15, 0.2) is 95.9 Å². The molecule has 3 nitrogen and oxygen atoms in total. The van der Waals surface area contributed by atoms with Gasteiger partial charge in [0.1, 0.15) is 8.07 Å². The van der Waals surface area contributed by atoms with Gasteiger partial charge in [-0.25, -0.2) is 9.97 Å². The van der Waals surface area contributed by atoms with Crippen LogP contribution < -0.4 is 15.4 Å². The third kappa shape index (κ3) is 3.33. The zero-order valence-electron chi connectivity index (χ0n) is 23.5. The average Bonchev–Trinajstić information content (AvgIpc) is 3.63. The van der Waals surface area contributed by atoms with Crippen LogP contribution in [-0.4, -0.2) is 29.3 Å². The monoisotopic (exact) mass is 567 g/mol. The molecule has 3 aliphatic heterocycles. The molecule has 4 heterocycles. The fourth-order valence-electron chi connectivity index (χ4n) is 8.23. The molecule has 0 radical (unpaired) electrons. The second-order valence-electron chi connectivity index (χ2n) is 12.7. The van der Waals surface area contributed by atoms with Crippen LogP contribution in [0.5, 0.6) is 0 Å². The van der Waals surface area contributed by atoms with Gasteiger partial charge in [0.2, 0.25) is 5.95 Å². The molecule has 5 heteroatoms. The van der Waals surface area contributed by atoms with Gasteiger partial charge in [-0.2, -0.15) is 0 Å². The van der Waals surface area contributed by atoms with Crippen molar-refractivity contribution in [3.05, 3.63) is 102 Å². The average molecular weight is 568 g/mol. The van der Waals surface area contributed by atoms with E-state index in [1.807, 2.05) is 0 Å². The van der Waals surface area contributed by atoms with E-state index in [-0.39, 0.29) is 0 Å². The number of aromatic nitrogens is 2. The Hall–Kier alpha value is -3.41. The van der Waals surface area contributed by atoms with E-state index in [2.05, 4.69) is 121 Å². The van der Waals surface area contributed by atoms with E-state index in [1.165, 1.54) is 51.3 Å². The lowest BCUT2D eigenvalue weighted by Crippen LogP contribution is -2.51. The molecular formula is C36H33N3SSi. The predicted molar refractivity (Wildman–Crippen MR) is 174 cm³/mol. The topological polar surface area (TPSA) is 29.0 Å². The Morgan fingerprint density at radius 2 is 1.66 bits per heavy atom. The summed E-state index contributed by atoms with van der Waals surface area (Å²) in [5.41, 5.74) is 9.28. The van der Waals surface area contributed by atoms with Gasteiger partial charge in [0.05, 0.1) is 5.69 Å². The highest BCUT2D eigenvalue weighted by atomic mass is 32.2. The van der Waals surface area contributed by atoms with Crippen molar-refractivity contribution in [2.75, 3.05) is 4.90 Å². The van der Waals surface area contributed by atoms with Crippen molar-refractivity contribution in [3.8, 4) is 22.4 Å². The molecule has 0 spiro atoms. The van der Waals surface area contributed by atoms with Gasteiger partial charge in [-0.05, 0) is 53.6 Å². The third-order valence-electron chi connectivity index (χ3n) is 10.2.